The Morgan fingerprint density at radius 3 is 2.68 bits per heavy atom. The van der Waals surface area contributed by atoms with Crippen LogP contribution in [0, 0.1) is 13.8 Å². The van der Waals surface area contributed by atoms with Gasteiger partial charge in [-0.3, -0.25) is 4.79 Å². The number of carbonyl (C=O) groups excluding carboxylic acids is 1. The van der Waals surface area contributed by atoms with Crippen molar-refractivity contribution in [1.82, 2.24) is 14.6 Å². The van der Waals surface area contributed by atoms with E-state index in [0.29, 0.717) is 6.61 Å². The topological polar surface area (TPSA) is 68.5 Å². The number of rotatable bonds is 7. The van der Waals surface area contributed by atoms with Crippen molar-refractivity contribution in [2.24, 2.45) is 0 Å². The molecule has 0 aliphatic carbocycles. The van der Waals surface area contributed by atoms with E-state index in [1.165, 1.54) is 17.3 Å². The van der Waals surface area contributed by atoms with Crippen LogP contribution in [0.3, 0.4) is 0 Å². The van der Waals surface area contributed by atoms with Gasteiger partial charge in [0.15, 0.2) is 0 Å². The molecule has 1 N–H and O–H groups in total. The Balaban J connectivity index is 1.48. The molecule has 0 bridgehead atoms. The number of hydrogen-bond acceptors (Lipinski definition) is 5. The summed E-state index contributed by atoms with van der Waals surface area (Å²) in [6.07, 6.45) is 3.51. The predicted molar refractivity (Wildman–Crippen MR) is 125 cm³/mol. The summed E-state index contributed by atoms with van der Waals surface area (Å²) >= 11 is 1.40. The molecule has 31 heavy (non-hydrogen) atoms. The van der Waals surface area contributed by atoms with Gasteiger partial charge in [-0.15, -0.1) is 0 Å². The Morgan fingerprint density at radius 1 is 1.13 bits per heavy atom. The molecule has 0 saturated carbocycles. The number of nitrogens with one attached hydrogen (secondary N) is 1. The number of fused-ring (bicyclic) bond motifs is 1. The highest BCUT2D eigenvalue weighted by Gasteiger charge is 2.12. The average molecular weight is 433 g/mol. The summed E-state index contributed by atoms with van der Waals surface area (Å²) in [6, 6.07) is 15.8. The van der Waals surface area contributed by atoms with Gasteiger partial charge in [0, 0.05) is 23.6 Å². The molecule has 2 aromatic heterocycles. The van der Waals surface area contributed by atoms with Crippen LogP contribution in [0.5, 0.6) is 5.75 Å². The quantitative estimate of drug-likeness (QED) is 0.410. The van der Waals surface area contributed by atoms with Gasteiger partial charge in [0.05, 0.1) is 23.6 Å². The van der Waals surface area contributed by atoms with Crippen molar-refractivity contribution in [3.05, 3.63) is 72.1 Å². The third kappa shape index (κ3) is 4.88. The SMILES string of the molecule is CCOc1ccc(-c2cc3c(SCC(=O)Nc4ccc(C)cc4C)nccn3n2)cc1. The van der Waals surface area contributed by atoms with E-state index in [1.54, 1.807) is 10.7 Å². The first kappa shape index (κ1) is 20.9. The summed E-state index contributed by atoms with van der Waals surface area (Å²) in [5.74, 6) is 1.04. The lowest BCUT2D eigenvalue weighted by atomic mass is 10.1. The molecular weight excluding hydrogens is 408 g/mol. The second-order valence-corrected chi connectivity index (χ2v) is 8.17. The molecule has 158 valence electrons. The second-order valence-electron chi connectivity index (χ2n) is 7.20. The maximum absolute atomic E-state index is 12.5. The molecule has 1 amide bonds. The normalized spacial score (nSPS) is 10.9. The van der Waals surface area contributed by atoms with Crippen LogP contribution in [0.4, 0.5) is 5.69 Å². The maximum Gasteiger partial charge on any atom is 0.234 e. The fourth-order valence-electron chi connectivity index (χ4n) is 3.31. The average Bonchev–Trinajstić information content (AvgIpc) is 3.20. The van der Waals surface area contributed by atoms with Gasteiger partial charge in [-0.2, -0.15) is 5.10 Å². The van der Waals surface area contributed by atoms with E-state index in [2.05, 4.69) is 21.5 Å². The summed E-state index contributed by atoms with van der Waals surface area (Å²) < 4.78 is 7.30. The van der Waals surface area contributed by atoms with Gasteiger partial charge in [-0.25, -0.2) is 9.50 Å². The maximum atomic E-state index is 12.5. The Bertz CT molecular complexity index is 1220. The minimum atomic E-state index is -0.0630. The van der Waals surface area contributed by atoms with Crippen LogP contribution in [0.2, 0.25) is 0 Å². The number of aryl methyl sites for hydroxylation is 2. The summed E-state index contributed by atoms with van der Waals surface area (Å²) in [4.78, 5) is 16.9. The van der Waals surface area contributed by atoms with Crippen LogP contribution in [-0.4, -0.2) is 32.9 Å². The number of aromatic nitrogens is 3. The van der Waals surface area contributed by atoms with E-state index in [4.69, 9.17) is 4.74 Å². The van der Waals surface area contributed by atoms with Crippen LogP contribution in [-0.2, 0) is 4.79 Å². The van der Waals surface area contributed by atoms with E-state index in [-0.39, 0.29) is 11.7 Å². The van der Waals surface area contributed by atoms with Crippen LogP contribution in [0.25, 0.3) is 16.8 Å². The van der Waals surface area contributed by atoms with E-state index in [1.807, 2.05) is 69.4 Å². The minimum absolute atomic E-state index is 0.0630. The molecular formula is C24H24N4O2S. The molecule has 2 heterocycles. The molecule has 7 heteroatoms. The Morgan fingerprint density at radius 2 is 1.94 bits per heavy atom. The summed E-state index contributed by atoms with van der Waals surface area (Å²) in [5, 5.41) is 8.40. The van der Waals surface area contributed by atoms with E-state index in [0.717, 1.165) is 38.8 Å². The summed E-state index contributed by atoms with van der Waals surface area (Å²) in [5.41, 5.74) is 5.77. The number of benzene rings is 2. The lowest BCUT2D eigenvalue weighted by Gasteiger charge is -2.09. The molecule has 2 aromatic carbocycles. The van der Waals surface area contributed by atoms with Crippen LogP contribution < -0.4 is 10.1 Å². The second kappa shape index (κ2) is 9.22. The lowest BCUT2D eigenvalue weighted by Crippen LogP contribution is -2.15. The van der Waals surface area contributed by atoms with Crippen molar-refractivity contribution in [3.8, 4) is 17.0 Å². The van der Waals surface area contributed by atoms with Crippen LogP contribution >= 0.6 is 11.8 Å². The van der Waals surface area contributed by atoms with Crippen molar-refractivity contribution in [2.45, 2.75) is 25.8 Å². The molecule has 6 nitrogen and oxygen atoms in total. The van der Waals surface area contributed by atoms with Gasteiger partial charge in [-0.05, 0) is 62.7 Å². The number of anilines is 1. The number of thioether (sulfide) groups is 1. The van der Waals surface area contributed by atoms with E-state index in [9.17, 15) is 4.79 Å². The Labute approximate surface area is 185 Å². The smallest absolute Gasteiger partial charge is 0.234 e. The third-order valence-electron chi connectivity index (χ3n) is 4.81. The molecule has 0 aliphatic heterocycles. The highest BCUT2D eigenvalue weighted by atomic mass is 32.2. The monoisotopic (exact) mass is 432 g/mol. The molecule has 0 radical (unpaired) electrons. The lowest BCUT2D eigenvalue weighted by molar-refractivity contribution is -0.113. The highest BCUT2D eigenvalue weighted by Crippen LogP contribution is 2.27. The fraction of sp³-hybridized carbons (Fsp3) is 0.208. The van der Waals surface area contributed by atoms with Crippen LogP contribution in [0.1, 0.15) is 18.1 Å². The van der Waals surface area contributed by atoms with Crippen molar-refractivity contribution in [2.75, 3.05) is 17.7 Å². The first-order valence-corrected chi connectivity index (χ1v) is 11.1. The van der Waals surface area contributed by atoms with Crippen molar-refractivity contribution >= 4 is 28.9 Å². The van der Waals surface area contributed by atoms with Gasteiger partial charge in [0.2, 0.25) is 5.91 Å². The third-order valence-corrected chi connectivity index (χ3v) is 5.81. The Kier molecular flexibility index (Phi) is 6.23. The van der Waals surface area contributed by atoms with Crippen molar-refractivity contribution < 1.29 is 9.53 Å². The highest BCUT2D eigenvalue weighted by molar-refractivity contribution is 8.00. The largest absolute Gasteiger partial charge is 0.494 e. The molecule has 0 fully saturated rings. The molecule has 0 unspecified atom stereocenters. The van der Waals surface area contributed by atoms with E-state index >= 15 is 0 Å². The first-order chi connectivity index (χ1) is 15.0. The summed E-state index contributed by atoms with van der Waals surface area (Å²) in [7, 11) is 0. The molecule has 4 aromatic rings. The zero-order valence-electron chi connectivity index (χ0n) is 17.8. The van der Waals surface area contributed by atoms with Crippen molar-refractivity contribution in [1.29, 1.82) is 0 Å². The standard InChI is InChI=1S/C24H24N4O2S/c1-4-30-19-8-6-18(7-9-19)21-14-22-24(25-11-12-28(22)27-21)31-15-23(29)26-20-10-5-16(2)13-17(20)3/h5-14H,4,15H2,1-3H3,(H,26,29). The number of hydrogen-bond donors (Lipinski definition) is 1. The number of carbonyl (C=O) groups is 1. The van der Waals surface area contributed by atoms with Gasteiger partial charge < -0.3 is 10.1 Å². The number of nitrogens with zero attached hydrogens (tertiary/aromatic N) is 3. The Hall–Kier alpha value is -3.32. The van der Waals surface area contributed by atoms with Gasteiger partial charge in [0.1, 0.15) is 10.8 Å². The van der Waals surface area contributed by atoms with Crippen LogP contribution in [0.15, 0.2) is 66.0 Å². The number of ether oxygens (including phenoxy) is 1. The zero-order valence-corrected chi connectivity index (χ0v) is 18.6. The molecule has 0 spiro atoms. The first-order valence-electron chi connectivity index (χ1n) is 10.1. The zero-order chi connectivity index (χ0) is 21.8. The number of amides is 1. The van der Waals surface area contributed by atoms with Gasteiger partial charge in [0.25, 0.3) is 0 Å². The fourth-order valence-corrected chi connectivity index (χ4v) is 4.09. The minimum Gasteiger partial charge on any atom is -0.494 e. The van der Waals surface area contributed by atoms with Crippen molar-refractivity contribution in [3.63, 3.8) is 0 Å². The van der Waals surface area contributed by atoms with E-state index < -0.39 is 0 Å². The summed E-state index contributed by atoms with van der Waals surface area (Å²) in [6.45, 7) is 6.63. The molecule has 0 atom stereocenters. The van der Waals surface area contributed by atoms with Gasteiger partial charge >= 0.3 is 0 Å². The molecule has 4 rings (SSSR count). The predicted octanol–water partition coefficient (Wildman–Crippen LogP) is 5.14. The molecule has 0 aliphatic rings. The molecule has 0 saturated heterocycles. The van der Waals surface area contributed by atoms with Gasteiger partial charge in [-0.1, -0.05) is 29.5 Å².